The van der Waals surface area contributed by atoms with E-state index in [1.165, 1.54) is 18.2 Å². The second kappa shape index (κ2) is 8.11. The number of aromatic nitrogens is 4. The van der Waals surface area contributed by atoms with Crippen LogP contribution >= 0.6 is 11.8 Å². The van der Waals surface area contributed by atoms with E-state index in [9.17, 15) is 22.4 Å². The summed E-state index contributed by atoms with van der Waals surface area (Å²) in [6, 6.07) is 4.17. The summed E-state index contributed by atoms with van der Waals surface area (Å²) in [4.78, 5) is 32.4. The molecule has 0 atom stereocenters. The molecular formula is C16H13F4N5O3S. The molecule has 0 aliphatic carbocycles. The fourth-order valence-corrected chi connectivity index (χ4v) is 3.35. The Bertz CT molecular complexity index is 1040. The number of nitrogens with zero attached hydrogens (tertiary/aromatic N) is 3. The molecule has 8 nitrogen and oxygen atoms in total. The Labute approximate surface area is 164 Å². The van der Waals surface area contributed by atoms with Crippen molar-refractivity contribution in [3.05, 3.63) is 41.7 Å². The van der Waals surface area contributed by atoms with Crippen LogP contribution < -0.4 is 5.32 Å². The molecule has 0 saturated heterocycles. The molecule has 3 aromatic rings. The number of nitrogens with one attached hydrogen (secondary N) is 2. The molecule has 3 N–H and O–H groups in total. The van der Waals surface area contributed by atoms with Gasteiger partial charge < -0.3 is 20.0 Å². The topological polar surface area (TPSA) is 113 Å². The second-order valence-corrected chi connectivity index (χ2v) is 6.85. The van der Waals surface area contributed by atoms with E-state index in [0.29, 0.717) is 17.6 Å². The number of H-pyrrole nitrogens is 1. The van der Waals surface area contributed by atoms with Gasteiger partial charge in [-0.2, -0.15) is 13.2 Å². The molecule has 3 heterocycles. The number of alkyl halides is 3. The predicted molar refractivity (Wildman–Crippen MR) is 93.9 cm³/mol. The number of benzene rings is 1. The van der Waals surface area contributed by atoms with Crippen molar-refractivity contribution in [2.45, 2.75) is 24.4 Å². The normalized spacial score (nSPS) is 13.0. The first kappa shape index (κ1) is 20.6. The van der Waals surface area contributed by atoms with E-state index in [1.54, 1.807) is 11.8 Å². The maximum atomic E-state index is 13.1. The van der Waals surface area contributed by atoms with Gasteiger partial charge in [-0.05, 0) is 18.2 Å². The Balaban J connectivity index is 0.000000298. The van der Waals surface area contributed by atoms with E-state index < -0.39 is 12.1 Å². The minimum absolute atomic E-state index is 0.168. The number of aliphatic carboxylic acids is 1. The van der Waals surface area contributed by atoms with Crippen molar-refractivity contribution < 1.29 is 32.3 Å². The highest BCUT2D eigenvalue weighted by atomic mass is 32.2. The maximum Gasteiger partial charge on any atom is 0.490 e. The lowest BCUT2D eigenvalue weighted by atomic mass is 10.3. The van der Waals surface area contributed by atoms with Crippen LogP contribution in [0.4, 0.5) is 17.6 Å². The highest BCUT2D eigenvalue weighted by Gasteiger charge is 2.38. The molecule has 0 radical (unpaired) electrons. The van der Waals surface area contributed by atoms with Gasteiger partial charge >= 0.3 is 12.1 Å². The maximum absolute atomic E-state index is 13.1. The number of hydrogen-bond acceptors (Lipinski definition) is 5. The third-order valence-corrected chi connectivity index (χ3v) is 4.66. The van der Waals surface area contributed by atoms with Crippen LogP contribution in [0.5, 0.6) is 0 Å². The van der Waals surface area contributed by atoms with Crippen LogP contribution in [0, 0.1) is 5.82 Å². The highest BCUT2D eigenvalue weighted by Crippen LogP contribution is 2.24. The lowest BCUT2D eigenvalue weighted by Crippen LogP contribution is -2.24. The standard InChI is InChI=1S/C14H12FN5OS.C2HF3O2/c15-8-1-2-10-11(5-8)19-12(18-10)13(21)16-6-9-7-20-3-4-22-14(20)17-9;3-2(4,5)1(6)7/h1-2,5,7H,3-4,6H2,(H,16,21)(H,18,19);(H,6,7). The SMILES string of the molecule is O=C(NCc1cn2c(n1)SCC2)c1nc2ccc(F)cc2[nH]1.O=C(O)C(F)(F)F. The molecule has 0 spiro atoms. The Morgan fingerprint density at radius 1 is 1.31 bits per heavy atom. The molecule has 4 rings (SSSR count). The Morgan fingerprint density at radius 3 is 2.69 bits per heavy atom. The summed E-state index contributed by atoms with van der Waals surface area (Å²) in [5.41, 5.74) is 1.88. The molecule has 154 valence electrons. The van der Waals surface area contributed by atoms with Crippen LogP contribution in [0.15, 0.2) is 29.6 Å². The van der Waals surface area contributed by atoms with Crippen molar-refractivity contribution in [1.29, 1.82) is 0 Å². The molecule has 1 aliphatic heterocycles. The van der Waals surface area contributed by atoms with Gasteiger partial charge in [0.25, 0.3) is 5.91 Å². The van der Waals surface area contributed by atoms with Crippen molar-refractivity contribution >= 4 is 34.7 Å². The average molecular weight is 431 g/mol. The molecule has 0 unspecified atom stereocenters. The molecule has 1 aliphatic rings. The van der Waals surface area contributed by atoms with Crippen molar-refractivity contribution in [3.63, 3.8) is 0 Å². The van der Waals surface area contributed by atoms with Crippen molar-refractivity contribution in [1.82, 2.24) is 24.8 Å². The monoisotopic (exact) mass is 431 g/mol. The summed E-state index contributed by atoms with van der Waals surface area (Å²) in [6.07, 6.45) is -3.14. The number of amides is 1. The number of rotatable bonds is 3. The molecular weight excluding hydrogens is 418 g/mol. The number of carboxylic acids is 1. The second-order valence-electron chi connectivity index (χ2n) is 5.79. The average Bonchev–Trinajstić information content (AvgIpc) is 3.33. The molecule has 0 bridgehead atoms. The third-order valence-electron chi connectivity index (χ3n) is 3.68. The summed E-state index contributed by atoms with van der Waals surface area (Å²) in [7, 11) is 0. The molecule has 0 saturated carbocycles. The summed E-state index contributed by atoms with van der Waals surface area (Å²) < 4.78 is 47.0. The van der Waals surface area contributed by atoms with Crippen molar-refractivity contribution in [2.75, 3.05) is 5.75 Å². The van der Waals surface area contributed by atoms with Crippen molar-refractivity contribution in [2.24, 2.45) is 0 Å². The number of fused-ring (bicyclic) bond motifs is 2. The number of aryl methyl sites for hydroxylation is 1. The van der Waals surface area contributed by atoms with E-state index in [0.717, 1.165) is 23.1 Å². The largest absolute Gasteiger partial charge is 0.490 e. The van der Waals surface area contributed by atoms with E-state index in [2.05, 4.69) is 24.8 Å². The Hall–Kier alpha value is -3.09. The fraction of sp³-hybridized carbons (Fsp3) is 0.250. The highest BCUT2D eigenvalue weighted by molar-refractivity contribution is 7.99. The Morgan fingerprint density at radius 2 is 2.03 bits per heavy atom. The lowest BCUT2D eigenvalue weighted by Gasteiger charge is -2.00. The van der Waals surface area contributed by atoms with Gasteiger partial charge in [0.05, 0.1) is 23.3 Å². The van der Waals surface area contributed by atoms with Crippen LogP contribution in [0.3, 0.4) is 0 Å². The smallest absolute Gasteiger partial charge is 0.475 e. The number of carbonyl (C=O) groups excluding carboxylic acids is 1. The van der Waals surface area contributed by atoms with Gasteiger partial charge in [-0.25, -0.2) is 19.2 Å². The lowest BCUT2D eigenvalue weighted by molar-refractivity contribution is -0.192. The number of thioether (sulfide) groups is 1. The molecule has 1 amide bonds. The van der Waals surface area contributed by atoms with E-state index in [1.807, 2.05) is 6.20 Å². The third kappa shape index (κ3) is 5.04. The first-order valence-corrected chi connectivity index (χ1v) is 9.04. The molecule has 1 aromatic carbocycles. The van der Waals surface area contributed by atoms with Gasteiger partial charge in [0.1, 0.15) is 5.82 Å². The molecule has 2 aromatic heterocycles. The van der Waals surface area contributed by atoms with Gasteiger partial charge in [0, 0.05) is 18.5 Å². The van der Waals surface area contributed by atoms with Gasteiger partial charge in [-0.1, -0.05) is 11.8 Å². The molecule has 0 fully saturated rings. The molecule has 13 heteroatoms. The number of imidazole rings is 2. The number of carboxylic acid groups (broad SMARTS) is 1. The van der Waals surface area contributed by atoms with Gasteiger partial charge in [-0.15, -0.1) is 0 Å². The summed E-state index contributed by atoms with van der Waals surface area (Å²) >= 11 is 1.71. The predicted octanol–water partition coefficient (Wildman–Crippen LogP) is 2.57. The van der Waals surface area contributed by atoms with Gasteiger partial charge in [-0.3, -0.25) is 4.79 Å². The minimum Gasteiger partial charge on any atom is -0.475 e. The number of halogens is 4. The zero-order chi connectivity index (χ0) is 21.2. The van der Waals surface area contributed by atoms with Crippen LogP contribution in [0.25, 0.3) is 11.0 Å². The van der Waals surface area contributed by atoms with Crippen LogP contribution in [0.2, 0.25) is 0 Å². The first-order valence-electron chi connectivity index (χ1n) is 8.06. The quantitative estimate of drug-likeness (QED) is 0.550. The van der Waals surface area contributed by atoms with E-state index in [-0.39, 0.29) is 17.5 Å². The summed E-state index contributed by atoms with van der Waals surface area (Å²) in [5, 5.41) is 10.9. The molecule has 29 heavy (non-hydrogen) atoms. The number of hydrogen-bond donors (Lipinski definition) is 3. The summed E-state index contributed by atoms with van der Waals surface area (Å²) in [5.74, 6) is -2.25. The van der Waals surface area contributed by atoms with Crippen molar-refractivity contribution in [3.8, 4) is 0 Å². The zero-order valence-electron chi connectivity index (χ0n) is 14.5. The van der Waals surface area contributed by atoms with Crippen LogP contribution in [-0.2, 0) is 17.9 Å². The zero-order valence-corrected chi connectivity index (χ0v) is 15.3. The Kier molecular flexibility index (Phi) is 5.77. The summed E-state index contributed by atoms with van der Waals surface area (Å²) in [6.45, 7) is 1.29. The van der Waals surface area contributed by atoms with E-state index in [4.69, 9.17) is 9.90 Å². The van der Waals surface area contributed by atoms with E-state index >= 15 is 0 Å². The fourth-order valence-electron chi connectivity index (χ4n) is 2.39. The van der Waals surface area contributed by atoms with Crippen LogP contribution in [0.1, 0.15) is 16.3 Å². The van der Waals surface area contributed by atoms with Crippen LogP contribution in [-0.4, -0.2) is 48.4 Å². The minimum atomic E-state index is -5.08. The van der Waals surface area contributed by atoms with Gasteiger partial charge in [0.2, 0.25) is 0 Å². The van der Waals surface area contributed by atoms with Gasteiger partial charge in [0.15, 0.2) is 11.0 Å². The first-order chi connectivity index (χ1) is 13.6. The number of aromatic amines is 1. The number of carbonyl (C=O) groups is 2.